The van der Waals surface area contributed by atoms with Gasteiger partial charge in [0.1, 0.15) is 25.3 Å². The van der Waals surface area contributed by atoms with Gasteiger partial charge in [-0.05, 0) is 166 Å². The first-order valence-corrected chi connectivity index (χ1v) is 34.0. The molecule has 0 spiro atoms. The minimum Gasteiger partial charge on any atom is -0.244 e. The molecule has 14 aromatic carbocycles. The Morgan fingerprint density at radius 3 is 0.808 bits per heavy atom. The molecule has 0 bridgehead atoms. The van der Waals surface area contributed by atoms with Crippen molar-refractivity contribution < 1.29 is 0 Å². The first-order valence-electron chi connectivity index (χ1n) is 34.0. The van der Waals surface area contributed by atoms with Crippen LogP contribution in [0.4, 0.5) is 0 Å². The molecular weight excluding hydrogens is 1280 g/mol. The van der Waals surface area contributed by atoms with Gasteiger partial charge >= 0.3 is 0 Å². The van der Waals surface area contributed by atoms with Crippen LogP contribution in [0.1, 0.15) is 0 Å². The van der Waals surface area contributed by atoms with Gasteiger partial charge in [-0.25, -0.2) is 69.8 Å². The molecule has 0 aliphatic heterocycles. The van der Waals surface area contributed by atoms with Crippen molar-refractivity contribution >= 4 is 86.7 Å². The summed E-state index contributed by atoms with van der Waals surface area (Å²) in [5, 5.41) is 13.3. The van der Waals surface area contributed by atoms with Crippen LogP contribution in [0.25, 0.3) is 200 Å². The van der Waals surface area contributed by atoms with Crippen LogP contribution in [-0.2, 0) is 0 Å². The van der Waals surface area contributed by atoms with E-state index in [0.29, 0.717) is 34.9 Å². The van der Waals surface area contributed by atoms with Crippen molar-refractivity contribution in [3.63, 3.8) is 0 Å². The van der Waals surface area contributed by atoms with Crippen molar-refractivity contribution in [1.82, 2.24) is 69.8 Å². The average molecular weight is 1330 g/mol. The van der Waals surface area contributed by atoms with Crippen LogP contribution in [0.3, 0.4) is 0 Å². The van der Waals surface area contributed by atoms with Crippen LogP contribution < -0.4 is 0 Å². The molecule has 0 aliphatic rings. The standard InChI is InChI=1S/2C45H27N7/c1-2-5-33-23-40-36(20-32(33)4-1)6-3-7-39(40)45-51-43(30-12-8-28(9-13-30)34-16-18-41-37(21-34)24-46-26-48-41)50-44(52-45)31-14-10-29(11-15-31)35-17-19-42-38(22-35)25-47-27-49-42;1-2-4-33-20-38-23-37(14-13-36(38)19-32(33)3-1)45-51-43(30-9-5-28(6-10-30)34-15-17-41-39(21-34)24-46-26-48-41)50-44(52-45)31-11-7-29(8-12-31)35-16-18-42-40(22-35)25-47-27-49-42/h2*1-27H. The largest absolute Gasteiger partial charge is 0.244 e. The molecule has 14 heteroatoms. The highest BCUT2D eigenvalue weighted by atomic mass is 15.0. The summed E-state index contributed by atoms with van der Waals surface area (Å²) in [5.74, 6) is 3.67. The third-order valence-corrected chi connectivity index (χ3v) is 19.1. The van der Waals surface area contributed by atoms with E-state index in [1.165, 1.54) is 26.9 Å². The highest BCUT2D eigenvalue weighted by molar-refractivity contribution is 6.05. The van der Waals surface area contributed by atoms with Gasteiger partial charge < -0.3 is 0 Å². The van der Waals surface area contributed by atoms with Gasteiger partial charge in [0.05, 0.1) is 22.1 Å². The topological polar surface area (TPSA) is 180 Å². The zero-order valence-corrected chi connectivity index (χ0v) is 55.4. The summed E-state index contributed by atoms with van der Waals surface area (Å²) < 4.78 is 0. The molecule has 20 rings (SSSR count). The molecule has 0 aliphatic carbocycles. The van der Waals surface area contributed by atoms with E-state index < -0.39 is 0 Å². The van der Waals surface area contributed by atoms with Crippen molar-refractivity contribution in [2.24, 2.45) is 0 Å². The number of nitrogens with zero attached hydrogens (tertiary/aromatic N) is 14. The average Bonchev–Trinajstić information content (AvgIpc) is 0.727. The van der Waals surface area contributed by atoms with E-state index in [0.717, 1.165) is 138 Å². The predicted molar refractivity (Wildman–Crippen MR) is 416 cm³/mol. The van der Waals surface area contributed by atoms with Gasteiger partial charge in [-0.3, -0.25) is 0 Å². The SMILES string of the molecule is c1ccc2cc3c(-c4nc(-c5ccc(-c6ccc7ncncc7c6)cc5)nc(-c5ccc(-c6ccc7ncncc7c6)cc5)n4)cccc3cc2c1.c1ccc2cc3cc(-c4nc(-c5ccc(-c6ccc7ncncc7c6)cc5)nc(-c5ccc(-c6ccc7ncncc7c6)cc5)n4)ccc3cc2c1. The predicted octanol–water partition coefficient (Wildman–Crippen LogP) is 20.8. The molecule has 0 saturated carbocycles. The lowest BCUT2D eigenvalue weighted by molar-refractivity contribution is 1.07. The number of aromatic nitrogens is 14. The molecule has 6 aromatic heterocycles. The minimum absolute atomic E-state index is 0.606. The van der Waals surface area contributed by atoms with Gasteiger partial charge in [-0.1, -0.05) is 200 Å². The number of hydrogen-bond acceptors (Lipinski definition) is 14. The molecule has 484 valence electrons. The molecule has 104 heavy (non-hydrogen) atoms. The van der Waals surface area contributed by atoms with Gasteiger partial charge in [-0.15, -0.1) is 0 Å². The van der Waals surface area contributed by atoms with Gasteiger partial charge in [0.15, 0.2) is 34.9 Å². The van der Waals surface area contributed by atoms with Crippen LogP contribution in [0.15, 0.2) is 329 Å². The maximum atomic E-state index is 5.12. The summed E-state index contributed by atoms with van der Waals surface area (Å²) in [6, 6.07) is 96.8. The van der Waals surface area contributed by atoms with E-state index in [9.17, 15) is 0 Å². The molecule has 0 unspecified atom stereocenters. The molecule has 0 radical (unpaired) electrons. The summed E-state index contributed by atoms with van der Waals surface area (Å²) in [6.45, 7) is 0. The van der Waals surface area contributed by atoms with E-state index in [2.05, 4.69) is 295 Å². The van der Waals surface area contributed by atoms with Crippen LogP contribution in [0.5, 0.6) is 0 Å². The summed E-state index contributed by atoms with van der Waals surface area (Å²) >= 11 is 0. The van der Waals surface area contributed by atoms with Gasteiger partial charge in [0.2, 0.25) is 0 Å². The Kier molecular flexibility index (Phi) is 15.2. The van der Waals surface area contributed by atoms with Gasteiger partial charge in [-0.2, -0.15) is 0 Å². The molecule has 0 N–H and O–H groups in total. The van der Waals surface area contributed by atoms with Crippen LogP contribution in [0, 0.1) is 0 Å². The van der Waals surface area contributed by atoms with Gasteiger partial charge in [0, 0.05) is 79.7 Å². The van der Waals surface area contributed by atoms with Crippen molar-refractivity contribution in [1.29, 1.82) is 0 Å². The fraction of sp³-hybridized carbons (Fsp3) is 0. The van der Waals surface area contributed by atoms with E-state index in [1.54, 1.807) is 25.3 Å². The molecule has 6 heterocycles. The molecule has 0 amide bonds. The number of hydrogen-bond donors (Lipinski definition) is 0. The molecule has 14 nitrogen and oxygen atoms in total. The Morgan fingerprint density at radius 1 is 0.163 bits per heavy atom. The highest BCUT2D eigenvalue weighted by Gasteiger charge is 2.19. The fourth-order valence-corrected chi connectivity index (χ4v) is 13.7. The second kappa shape index (κ2) is 26.0. The fourth-order valence-electron chi connectivity index (χ4n) is 13.7. The van der Waals surface area contributed by atoms with E-state index in [4.69, 9.17) is 29.9 Å². The van der Waals surface area contributed by atoms with Crippen molar-refractivity contribution in [2.45, 2.75) is 0 Å². The number of benzene rings is 14. The Bertz CT molecular complexity index is 6430. The normalized spacial score (nSPS) is 11.5. The second-order valence-electron chi connectivity index (χ2n) is 25.6. The maximum absolute atomic E-state index is 5.12. The third kappa shape index (κ3) is 11.9. The smallest absolute Gasteiger partial charge is 0.164 e. The zero-order chi connectivity index (χ0) is 68.9. The molecule has 0 fully saturated rings. The van der Waals surface area contributed by atoms with Gasteiger partial charge in [0.25, 0.3) is 0 Å². The lowest BCUT2D eigenvalue weighted by atomic mass is 9.99. The quantitative estimate of drug-likeness (QED) is 0.118. The third-order valence-electron chi connectivity index (χ3n) is 19.1. The maximum Gasteiger partial charge on any atom is 0.164 e. The van der Waals surface area contributed by atoms with E-state index in [1.807, 2.05) is 49.1 Å². The number of rotatable bonds is 10. The Morgan fingerprint density at radius 2 is 0.433 bits per heavy atom. The Balaban J connectivity index is 0.000000143. The molecule has 0 atom stereocenters. The van der Waals surface area contributed by atoms with Crippen molar-refractivity contribution in [3.05, 3.63) is 329 Å². The van der Waals surface area contributed by atoms with Crippen molar-refractivity contribution in [3.8, 4) is 113 Å². The summed E-state index contributed by atoms with van der Waals surface area (Å²) in [5.41, 5.74) is 17.9. The summed E-state index contributed by atoms with van der Waals surface area (Å²) in [6.07, 6.45) is 13.7. The monoisotopic (exact) mass is 1330 g/mol. The first kappa shape index (κ1) is 60.7. The lowest BCUT2D eigenvalue weighted by Crippen LogP contribution is -2.00. The minimum atomic E-state index is 0.606. The summed E-state index contributed by atoms with van der Waals surface area (Å²) in [7, 11) is 0. The van der Waals surface area contributed by atoms with Crippen molar-refractivity contribution in [2.75, 3.05) is 0 Å². The second-order valence-corrected chi connectivity index (χ2v) is 25.6. The highest BCUT2D eigenvalue weighted by Crippen LogP contribution is 2.37. The van der Waals surface area contributed by atoms with E-state index in [-0.39, 0.29) is 0 Å². The molecule has 20 aromatic rings. The van der Waals surface area contributed by atoms with Crippen LogP contribution >= 0.6 is 0 Å². The molecular formula is C90H54N14. The number of fused-ring (bicyclic) bond motifs is 8. The molecule has 0 saturated heterocycles. The van der Waals surface area contributed by atoms with Crippen LogP contribution in [0.2, 0.25) is 0 Å². The lowest BCUT2D eigenvalue weighted by Gasteiger charge is -2.12. The Labute approximate surface area is 595 Å². The zero-order valence-electron chi connectivity index (χ0n) is 55.4. The van der Waals surface area contributed by atoms with Crippen LogP contribution in [-0.4, -0.2) is 69.8 Å². The summed E-state index contributed by atoms with van der Waals surface area (Å²) in [4.78, 5) is 64.7. The first-order chi connectivity index (χ1) is 51.4. The Hall–Kier alpha value is -14.5. The van der Waals surface area contributed by atoms with E-state index >= 15 is 0 Å².